The number of nitrogens with zero attached hydrogens (tertiary/aromatic N) is 3. The lowest BCUT2D eigenvalue weighted by molar-refractivity contribution is 0.130. The van der Waals surface area contributed by atoms with Crippen molar-refractivity contribution in [2.45, 2.75) is 25.8 Å². The molecule has 2 aliphatic rings. The van der Waals surface area contributed by atoms with Gasteiger partial charge in [-0.15, -0.1) is 0 Å². The molecule has 2 heterocycles. The first-order valence-electron chi connectivity index (χ1n) is 14.6. The van der Waals surface area contributed by atoms with Crippen molar-refractivity contribution in [3.05, 3.63) is 95.6 Å². The van der Waals surface area contributed by atoms with Crippen molar-refractivity contribution in [3.8, 4) is 16.9 Å². The zero-order chi connectivity index (χ0) is 32.4. The number of carbonyl (C=O) groups is 2. The van der Waals surface area contributed by atoms with Gasteiger partial charge in [0.15, 0.2) is 0 Å². The molecule has 1 saturated carbocycles. The van der Waals surface area contributed by atoms with Crippen LogP contribution in [0.5, 0.6) is 5.75 Å². The Morgan fingerprint density at radius 1 is 1.11 bits per heavy atom. The standard InChI is InChI=1S/C32H32FN5O7S/c1-20-27(33)8-4-10-29(20)44-11-12-45-32(40)38-18-22-14-26(22)30-25(7-3-9-28(30)38)23-15-35-37(17-23)16-21-5-2-6-24(13-21)36-31(39)34-19-46(41,42)43/h2-10,13,15,17,22,26H,11-12,14,16,18-19H2,1H3,(H2,34,36,39)(H,41,42,43). The number of halogens is 1. The molecular formula is C32H32FN5O7S. The quantitative estimate of drug-likeness (QED) is 0.158. The maximum absolute atomic E-state index is 13.8. The van der Waals surface area contributed by atoms with E-state index in [0.29, 0.717) is 41.9 Å². The van der Waals surface area contributed by atoms with E-state index in [1.54, 1.807) is 53.0 Å². The number of fused-ring (bicyclic) bond motifs is 3. The summed E-state index contributed by atoms with van der Waals surface area (Å²) in [5.41, 5.74) is 5.47. The van der Waals surface area contributed by atoms with E-state index in [0.717, 1.165) is 34.4 Å². The Kier molecular flexibility index (Phi) is 8.65. The first-order valence-corrected chi connectivity index (χ1v) is 16.2. The summed E-state index contributed by atoms with van der Waals surface area (Å²) in [6, 6.07) is 16.7. The van der Waals surface area contributed by atoms with Gasteiger partial charge in [-0.25, -0.2) is 14.0 Å². The Bertz CT molecular complexity index is 1900. The summed E-state index contributed by atoms with van der Waals surface area (Å²) < 4.78 is 57.3. The molecule has 1 aliphatic heterocycles. The molecule has 46 heavy (non-hydrogen) atoms. The second-order valence-electron chi connectivity index (χ2n) is 11.3. The van der Waals surface area contributed by atoms with E-state index in [9.17, 15) is 22.4 Å². The maximum Gasteiger partial charge on any atom is 0.414 e. The summed E-state index contributed by atoms with van der Waals surface area (Å²) in [5, 5.41) is 9.15. The Morgan fingerprint density at radius 3 is 2.74 bits per heavy atom. The zero-order valence-corrected chi connectivity index (χ0v) is 25.7. The predicted molar refractivity (Wildman–Crippen MR) is 168 cm³/mol. The molecule has 3 N–H and O–H groups in total. The Morgan fingerprint density at radius 2 is 1.91 bits per heavy atom. The number of aromatic nitrogens is 2. The number of rotatable bonds is 10. The van der Waals surface area contributed by atoms with Gasteiger partial charge in [-0.3, -0.25) is 14.1 Å². The van der Waals surface area contributed by atoms with E-state index in [4.69, 9.17) is 14.0 Å². The summed E-state index contributed by atoms with van der Waals surface area (Å²) in [6.45, 7) is 2.73. The topological polar surface area (TPSA) is 152 Å². The highest BCUT2D eigenvalue weighted by atomic mass is 32.2. The molecule has 2 unspecified atom stereocenters. The second kappa shape index (κ2) is 12.8. The third kappa shape index (κ3) is 7.13. The van der Waals surface area contributed by atoms with Gasteiger partial charge in [0.05, 0.1) is 18.4 Å². The number of urea groups is 1. The molecule has 0 bridgehead atoms. The molecule has 240 valence electrons. The van der Waals surface area contributed by atoms with Gasteiger partial charge in [-0.2, -0.15) is 13.5 Å². The summed E-state index contributed by atoms with van der Waals surface area (Å²) >= 11 is 0. The molecule has 3 aromatic carbocycles. The fraction of sp³-hybridized carbons (Fsp3) is 0.281. The third-order valence-electron chi connectivity index (χ3n) is 7.98. The van der Waals surface area contributed by atoms with E-state index < -0.39 is 28.1 Å². The van der Waals surface area contributed by atoms with Gasteiger partial charge in [0.1, 0.15) is 30.7 Å². The first kappa shape index (κ1) is 31.0. The lowest BCUT2D eigenvalue weighted by atomic mass is 9.93. The van der Waals surface area contributed by atoms with Crippen LogP contribution in [0.1, 0.15) is 29.0 Å². The van der Waals surface area contributed by atoms with Crippen LogP contribution in [0.4, 0.5) is 25.4 Å². The maximum atomic E-state index is 13.8. The van der Waals surface area contributed by atoms with Gasteiger partial charge >= 0.3 is 12.1 Å². The van der Waals surface area contributed by atoms with Crippen molar-refractivity contribution in [3.63, 3.8) is 0 Å². The molecule has 1 aromatic heterocycles. The van der Waals surface area contributed by atoms with Crippen molar-refractivity contribution in [1.29, 1.82) is 0 Å². The van der Waals surface area contributed by atoms with E-state index in [2.05, 4.69) is 15.7 Å². The fourth-order valence-electron chi connectivity index (χ4n) is 5.70. The van der Waals surface area contributed by atoms with Crippen molar-refractivity contribution in [2.75, 3.05) is 35.9 Å². The van der Waals surface area contributed by atoms with E-state index in [-0.39, 0.29) is 19.0 Å². The largest absolute Gasteiger partial charge is 0.490 e. The summed E-state index contributed by atoms with van der Waals surface area (Å²) in [6.07, 6.45) is 4.22. The number of hydrogen-bond acceptors (Lipinski definition) is 7. The molecular weight excluding hydrogens is 617 g/mol. The van der Waals surface area contributed by atoms with Crippen molar-refractivity contribution in [2.24, 2.45) is 5.92 Å². The SMILES string of the molecule is Cc1c(F)cccc1OCCOC(=O)N1CC2CC2c2c(-c3cnn(Cc4cccc(NC(=O)NCS(=O)(=O)O)c4)c3)cccc21. The first-order chi connectivity index (χ1) is 22.1. The highest BCUT2D eigenvalue weighted by Crippen LogP contribution is 2.57. The van der Waals surface area contributed by atoms with E-state index in [1.165, 1.54) is 6.07 Å². The van der Waals surface area contributed by atoms with Crippen LogP contribution in [0.25, 0.3) is 11.1 Å². The molecule has 4 aromatic rings. The number of carbonyl (C=O) groups excluding carboxylic acids is 2. The van der Waals surface area contributed by atoms with Crippen LogP contribution in [0.3, 0.4) is 0 Å². The monoisotopic (exact) mass is 649 g/mol. The number of nitrogens with one attached hydrogen (secondary N) is 2. The van der Waals surface area contributed by atoms with E-state index in [1.807, 2.05) is 30.5 Å². The summed E-state index contributed by atoms with van der Waals surface area (Å²) in [7, 11) is -4.33. The molecule has 1 aliphatic carbocycles. The molecule has 0 saturated heterocycles. The van der Waals surface area contributed by atoms with Crippen molar-refractivity contribution >= 4 is 33.6 Å². The number of ether oxygens (including phenoxy) is 2. The van der Waals surface area contributed by atoms with Gasteiger partial charge in [0, 0.05) is 29.6 Å². The smallest absolute Gasteiger partial charge is 0.414 e. The predicted octanol–water partition coefficient (Wildman–Crippen LogP) is 5.15. The highest BCUT2D eigenvalue weighted by molar-refractivity contribution is 7.85. The Balaban J connectivity index is 1.11. The minimum atomic E-state index is -4.33. The lowest BCUT2D eigenvalue weighted by Crippen LogP contribution is -2.37. The van der Waals surface area contributed by atoms with Crippen LogP contribution in [0, 0.1) is 18.7 Å². The van der Waals surface area contributed by atoms with Crippen LogP contribution >= 0.6 is 0 Å². The average molecular weight is 650 g/mol. The minimum Gasteiger partial charge on any atom is -0.490 e. The number of anilines is 2. The van der Waals surface area contributed by atoms with Crippen LogP contribution in [0.15, 0.2) is 73.1 Å². The van der Waals surface area contributed by atoms with E-state index >= 15 is 0 Å². The van der Waals surface area contributed by atoms with Crippen LogP contribution in [-0.4, -0.2) is 60.5 Å². The zero-order valence-electron chi connectivity index (χ0n) is 24.9. The third-order valence-corrected chi connectivity index (χ3v) is 8.49. The van der Waals surface area contributed by atoms with Crippen molar-refractivity contribution < 1.29 is 36.4 Å². The molecule has 3 amide bonds. The molecule has 2 atom stereocenters. The molecule has 14 heteroatoms. The highest BCUT2D eigenvalue weighted by Gasteiger charge is 2.48. The van der Waals surface area contributed by atoms with Gasteiger partial charge in [0.25, 0.3) is 10.1 Å². The molecule has 12 nitrogen and oxygen atoms in total. The van der Waals surface area contributed by atoms with Crippen molar-refractivity contribution in [1.82, 2.24) is 15.1 Å². The van der Waals surface area contributed by atoms with Crippen LogP contribution < -0.4 is 20.3 Å². The van der Waals surface area contributed by atoms with Gasteiger partial charge < -0.3 is 20.1 Å². The molecule has 0 radical (unpaired) electrons. The summed E-state index contributed by atoms with van der Waals surface area (Å²) in [5.74, 6) is -0.160. The number of benzene rings is 3. The molecule has 6 rings (SSSR count). The lowest BCUT2D eigenvalue weighted by Gasteiger charge is -2.29. The summed E-state index contributed by atoms with van der Waals surface area (Å²) in [4.78, 5) is 26.8. The number of amides is 3. The Labute approximate surface area is 264 Å². The van der Waals surface area contributed by atoms with Gasteiger partial charge in [0.2, 0.25) is 0 Å². The van der Waals surface area contributed by atoms with Gasteiger partial charge in [-0.05, 0) is 72.2 Å². The fourth-order valence-corrected chi connectivity index (χ4v) is 6.01. The molecule has 1 fully saturated rings. The number of hydrogen-bond donors (Lipinski definition) is 3. The second-order valence-corrected chi connectivity index (χ2v) is 12.7. The Hall–Kier alpha value is -4.95. The minimum absolute atomic E-state index is 0.0210. The van der Waals surface area contributed by atoms with Crippen LogP contribution in [-0.2, 0) is 21.4 Å². The van der Waals surface area contributed by atoms with Crippen LogP contribution in [0.2, 0.25) is 0 Å². The van der Waals surface area contributed by atoms with Gasteiger partial charge in [-0.1, -0.05) is 30.3 Å². The normalized spacial score (nSPS) is 16.6. The molecule has 0 spiro atoms. The average Bonchev–Trinajstić information content (AvgIpc) is 3.67.